The molecule has 1 aromatic heterocycles. The van der Waals surface area contributed by atoms with Crippen molar-refractivity contribution >= 4 is 5.91 Å². The molecule has 5 rings (SSSR count). The average molecular weight is 410 g/mol. The molecule has 2 atom stereocenters. The molecule has 1 amide bonds. The van der Waals surface area contributed by atoms with Crippen LogP contribution in [0.2, 0.25) is 0 Å². The summed E-state index contributed by atoms with van der Waals surface area (Å²) < 4.78 is 5.82. The molecule has 0 bridgehead atoms. The molecule has 1 aliphatic carbocycles. The van der Waals surface area contributed by atoms with Crippen molar-refractivity contribution < 1.29 is 9.32 Å². The van der Waals surface area contributed by atoms with E-state index in [-0.39, 0.29) is 11.3 Å². The van der Waals surface area contributed by atoms with Gasteiger partial charge in [0.25, 0.3) is 0 Å². The Morgan fingerprint density at radius 3 is 2.80 bits per heavy atom. The van der Waals surface area contributed by atoms with Crippen molar-refractivity contribution in [2.24, 2.45) is 5.92 Å². The van der Waals surface area contributed by atoms with E-state index in [2.05, 4.69) is 34.1 Å². The van der Waals surface area contributed by atoms with Gasteiger partial charge in [0.05, 0.1) is 12.0 Å². The molecule has 3 aliphatic rings. The van der Waals surface area contributed by atoms with Crippen LogP contribution in [0.1, 0.15) is 36.5 Å². The molecule has 3 heterocycles. The molecule has 7 nitrogen and oxygen atoms in total. The molecule has 2 aromatic rings. The monoisotopic (exact) mass is 409 g/mol. The summed E-state index contributed by atoms with van der Waals surface area (Å²) in [6.07, 6.45) is 4.14. The number of hydrogen-bond acceptors (Lipinski definition) is 6. The van der Waals surface area contributed by atoms with Gasteiger partial charge in [-0.15, -0.1) is 0 Å². The minimum absolute atomic E-state index is 0.0790. The highest BCUT2D eigenvalue weighted by Gasteiger charge is 2.54. The van der Waals surface area contributed by atoms with Crippen molar-refractivity contribution in [3.63, 3.8) is 0 Å². The number of likely N-dealkylation sites (N-methyl/N-ethyl adjacent to an activating group) is 1. The number of rotatable bonds is 5. The topological polar surface area (TPSA) is 65.7 Å². The highest BCUT2D eigenvalue weighted by atomic mass is 16.5. The Hall–Kier alpha value is -2.25. The Balaban J connectivity index is 1.26. The van der Waals surface area contributed by atoms with Gasteiger partial charge in [-0.3, -0.25) is 9.69 Å². The molecule has 30 heavy (non-hydrogen) atoms. The third-order valence-electron chi connectivity index (χ3n) is 7.26. The Kier molecular flexibility index (Phi) is 5.33. The first-order valence-electron chi connectivity index (χ1n) is 11.2. The number of carbonyl (C=O) groups excluding carboxylic acids is 1. The lowest BCUT2D eigenvalue weighted by Gasteiger charge is -2.33. The molecule has 7 heteroatoms. The molecule has 0 spiro atoms. The van der Waals surface area contributed by atoms with E-state index in [1.807, 2.05) is 23.1 Å². The summed E-state index contributed by atoms with van der Waals surface area (Å²) in [7, 11) is 2.11. The number of hydrogen-bond donors (Lipinski definition) is 0. The van der Waals surface area contributed by atoms with Crippen LogP contribution in [0.3, 0.4) is 0 Å². The van der Waals surface area contributed by atoms with Crippen molar-refractivity contribution in [3.05, 3.63) is 47.6 Å². The van der Waals surface area contributed by atoms with Crippen molar-refractivity contribution in [2.75, 3.05) is 52.9 Å². The first-order chi connectivity index (χ1) is 14.6. The second-order valence-electron chi connectivity index (χ2n) is 9.28. The van der Waals surface area contributed by atoms with Crippen LogP contribution in [0.15, 0.2) is 34.9 Å². The summed E-state index contributed by atoms with van der Waals surface area (Å²) in [5.74, 6) is 2.30. The van der Waals surface area contributed by atoms with Gasteiger partial charge < -0.3 is 14.3 Å². The molecule has 3 fully saturated rings. The number of benzene rings is 1. The van der Waals surface area contributed by atoms with Gasteiger partial charge in [0.15, 0.2) is 5.82 Å². The van der Waals surface area contributed by atoms with Crippen molar-refractivity contribution in [1.29, 1.82) is 0 Å². The number of fused-ring (bicyclic) bond motifs is 1. The fraction of sp³-hybridized carbons (Fsp3) is 0.609. The molecular formula is C23H31N5O2. The Morgan fingerprint density at radius 1 is 1.20 bits per heavy atom. The number of piperazine rings is 1. The minimum Gasteiger partial charge on any atom is -0.339 e. The van der Waals surface area contributed by atoms with E-state index in [0.29, 0.717) is 18.9 Å². The lowest BCUT2D eigenvalue weighted by atomic mass is 9.80. The fourth-order valence-electron chi connectivity index (χ4n) is 5.52. The number of amides is 1. The molecule has 0 N–H and O–H groups in total. The Labute approximate surface area is 178 Å². The average Bonchev–Trinajstić information content (AvgIpc) is 3.44. The van der Waals surface area contributed by atoms with Crippen LogP contribution >= 0.6 is 0 Å². The van der Waals surface area contributed by atoms with E-state index in [4.69, 9.17) is 9.51 Å². The third-order valence-corrected chi connectivity index (χ3v) is 7.26. The predicted octanol–water partition coefficient (Wildman–Crippen LogP) is 1.79. The zero-order chi connectivity index (χ0) is 20.6. The summed E-state index contributed by atoms with van der Waals surface area (Å²) in [6.45, 7) is 5.91. The first kappa shape index (κ1) is 19.7. The second-order valence-corrected chi connectivity index (χ2v) is 9.28. The quantitative estimate of drug-likeness (QED) is 0.750. The standard InChI is InChI=1S/C23H31N5O2/c1-26-10-12-28(13-11-26)21(29)16-27-15-19-8-5-9-23(19,17-27)22-24-20(25-30-22)14-18-6-3-2-4-7-18/h2-4,6-7,19H,5,8-17H2,1H3/t19-,23-/m1/s1. The SMILES string of the molecule is CN1CCN(C(=O)CN2C[C@H]3CCC[C@@]3(c3nc(Cc4ccccc4)no3)C2)CC1. The van der Waals surface area contributed by atoms with Gasteiger partial charge in [0.2, 0.25) is 11.8 Å². The molecule has 160 valence electrons. The van der Waals surface area contributed by atoms with Gasteiger partial charge in [-0.1, -0.05) is 41.9 Å². The van der Waals surface area contributed by atoms with E-state index in [1.54, 1.807) is 0 Å². The fourth-order valence-corrected chi connectivity index (χ4v) is 5.52. The van der Waals surface area contributed by atoms with Crippen LogP contribution in [0.4, 0.5) is 0 Å². The lowest BCUT2D eigenvalue weighted by molar-refractivity contribution is -0.133. The van der Waals surface area contributed by atoms with Crippen LogP contribution in [0.5, 0.6) is 0 Å². The van der Waals surface area contributed by atoms with E-state index < -0.39 is 0 Å². The van der Waals surface area contributed by atoms with Crippen molar-refractivity contribution in [2.45, 2.75) is 31.1 Å². The molecule has 0 radical (unpaired) electrons. The van der Waals surface area contributed by atoms with Gasteiger partial charge in [0, 0.05) is 45.7 Å². The smallest absolute Gasteiger partial charge is 0.236 e. The molecular weight excluding hydrogens is 378 g/mol. The van der Waals surface area contributed by atoms with E-state index in [1.165, 1.54) is 18.4 Å². The predicted molar refractivity (Wildman–Crippen MR) is 113 cm³/mol. The van der Waals surface area contributed by atoms with E-state index in [9.17, 15) is 4.79 Å². The lowest BCUT2D eigenvalue weighted by Crippen LogP contribution is -2.50. The second kappa shape index (κ2) is 8.12. The van der Waals surface area contributed by atoms with E-state index in [0.717, 1.165) is 57.4 Å². The van der Waals surface area contributed by atoms with Crippen molar-refractivity contribution in [3.8, 4) is 0 Å². The normalized spacial score (nSPS) is 27.5. The van der Waals surface area contributed by atoms with Gasteiger partial charge in [-0.05, 0) is 31.4 Å². The first-order valence-corrected chi connectivity index (χ1v) is 11.2. The largest absolute Gasteiger partial charge is 0.339 e. The van der Waals surface area contributed by atoms with Crippen molar-refractivity contribution in [1.82, 2.24) is 24.8 Å². The summed E-state index contributed by atoms with van der Waals surface area (Å²) in [5.41, 5.74) is 1.11. The Morgan fingerprint density at radius 2 is 2.00 bits per heavy atom. The van der Waals surface area contributed by atoms with Gasteiger partial charge in [0.1, 0.15) is 0 Å². The summed E-state index contributed by atoms with van der Waals surface area (Å²) in [6, 6.07) is 10.3. The molecule has 2 aliphatic heterocycles. The third kappa shape index (κ3) is 3.76. The highest BCUT2D eigenvalue weighted by molar-refractivity contribution is 5.78. The maximum atomic E-state index is 12.8. The van der Waals surface area contributed by atoms with Gasteiger partial charge in [-0.25, -0.2) is 0 Å². The summed E-state index contributed by atoms with van der Waals surface area (Å²) in [5, 5.41) is 4.29. The van der Waals surface area contributed by atoms with E-state index >= 15 is 0 Å². The van der Waals surface area contributed by atoms with Crippen LogP contribution in [0.25, 0.3) is 0 Å². The van der Waals surface area contributed by atoms with Crippen LogP contribution in [-0.2, 0) is 16.6 Å². The van der Waals surface area contributed by atoms with Gasteiger partial charge in [-0.2, -0.15) is 4.98 Å². The number of likely N-dealkylation sites (tertiary alicyclic amines) is 1. The maximum absolute atomic E-state index is 12.8. The Bertz CT molecular complexity index is 877. The zero-order valence-corrected chi connectivity index (χ0v) is 17.8. The molecule has 1 saturated carbocycles. The maximum Gasteiger partial charge on any atom is 0.236 e. The highest BCUT2D eigenvalue weighted by Crippen LogP contribution is 2.49. The zero-order valence-electron chi connectivity index (χ0n) is 17.8. The summed E-state index contributed by atoms with van der Waals surface area (Å²) in [4.78, 5) is 24.3. The van der Waals surface area contributed by atoms with Gasteiger partial charge >= 0.3 is 0 Å². The number of nitrogens with zero attached hydrogens (tertiary/aromatic N) is 5. The molecule has 2 saturated heterocycles. The molecule has 0 unspecified atom stereocenters. The number of aromatic nitrogens is 2. The molecule has 1 aromatic carbocycles. The number of carbonyl (C=O) groups is 1. The van der Waals surface area contributed by atoms with Crippen LogP contribution in [-0.4, -0.2) is 83.6 Å². The van der Waals surface area contributed by atoms with Crippen LogP contribution < -0.4 is 0 Å². The minimum atomic E-state index is -0.0790. The summed E-state index contributed by atoms with van der Waals surface area (Å²) >= 11 is 0. The van der Waals surface area contributed by atoms with Crippen LogP contribution in [0, 0.1) is 5.92 Å².